The zero-order valence-electron chi connectivity index (χ0n) is 21.8. The van der Waals surface area contributed by atoms with Gasteiger partial charge in [0.25, 0.3) is 0 Å². The molecule has 202 valence electrons. The van der Waals surface area contributed by atoms with Crippen LogP contribution >= 0.6 is 11.6 Å². The van der Waals surface area contributed by atoms with E-state index in [-0.39, 0.29) is 35.5 Å². The highest BCUT2D eigenvalue weighted by atomic mass is 35.5. The van der Waals surface area contributed by atoms with Crippen LogP contribution in [0, 0.1) is 11.2 Å². The smallest absolute Gasteiger partial charge is 0.218 e. The number of carbonyl (C=O) groups excluding carboxylic acids is 1. The number of nitrogens with zero attached hydrogens (tertiary/aromatic N) is 1. The molecule has 0 radical (unpaired) electrons. The quantitative estimate of drug-likeness (QED) is 0.423. The third kappa shape index (κ3) is 6.59. The fraction of sp³-hybridized carbons (Fsp3) is 0.571. The largest absolute Gasteiger partial charge is 0.471 e. The first-order chi connectivity index (χ1) is 17.3. The SMILES string of the molecule is CC(=O)N[C@@H](Cc1cc(F)cc(Cl)c1)[C@@H](O)CN[C@H]1CC2(CCC2)Oc2ncc([C@H](F)C(C)(C)C)cc21. The van der Waals surface area contributed by atoms with Gasteiger partial charge in [-0.2, -0.15) is 0 Å². The summed E-state index contributed by atoms with van der Waals surface area (Å²) in [6.45, 7) is 7.05. The van der Waals surface area contributed by atoms with Gasteiger partial charge in [0.2, 0.25) is 11.8 Å². The summed E-state index contributed by atoms with van der Waals surface area (Å²) in [5.74, 6) is -0.289. The highest BCUT2D eigenvalue weighted by molar-refractivity contribution is 6.30. The summed E-state index contributed by atoms with van der Waals surface area (Å²) in [7, 11) is 0. The van der Waals surface area contributed by atoms with Gasteiger partial charge < -0.3 is 20.5 Å². The summed E-state index contributed by atoms with van der Waals surface area (Å²) in [6.07, 6.45) is 3.16. The van der Waals surface area contributed by atoms with E-state index in [1.165, 1.54) is 19.1 Å². The Morgan fingerprint density at radius 3 is 2.62 bits per heavy atom. The number of hydrogen-bond acceptors (Lipinski definition) is 5. The lowest BCUT2D eigenvalue weighted by Gasteiger charge is -2.47. The Kier molecular flexibility index (Phi) is 8.12. The van der Waals surface area contributed by atoms with E-state index in [0.717, 1.165) is 24.8 Å². The van der Waals surface area contributed by atoms with E-state index in [1.54, 1.807) is 12.3 Å². The second kappa shape index (κ2) is 10.8. The van der Waals surface area contributed by atoms with Crippen molar-refractivity contribution >= 4 is 17.5 Å². The normalized spacial score (nSPS) is 20.8. The highest BCUT2D eigenvalue weighted by Gasteiger charge is 2.46. The van der Waals surface area contributed by atoms with Gasteiger partial charge in [-0.1, -0.05) is 32.4 Å². The summed E-state index contributed by atoms with van der Waals surface area (Å²) >= 11 is 5.99. The maximum atomic E-state index is 15.2. The predicted octanol–water partition coefficient (Wildman–Crippen LogP) is 5.38. The van der Waals surface area contributed by atoms with Crippen LogP contribution in [0.4, 0.5) is 8.78 Å². The molecule has 4 atom stereocenters. The third-order valence-corrected chi connectivity index (χ3v) is 7.51. The maximum Gasteiger partial charge on any atom is 0.218 e. The summed E-state index contributed by atoms with van der Waals surface area (Å²) in [6, 6.07) is 5.10. The van der Waals surface area contributed by atoms with Crippen molar-refractivity contribution in [3.05, 3.63) is 58.0 Å². The van der Waals surface area contributed by atoms with Crippen molar-refractivity contribution in [2.45, 2.75) is 89.8 Å². The van der Waals surface area contributed by atoms with Gasteiger partial charge in [0.15, 0.2) is 0 Å². The minimum Gasteiger partial charge on any atom is -0.471 e. The molecule has 1 aliphatic heterocycles. The van der Waals surface area contributed by atoms with Gasteiger partial charge in [-0.15, -0.1) is 0 Å². The standard InChI is InChI=1S/C28H36ClF2N3O3/c1-16(35)34-22(10-17-8-19(29)12-20(30)9-17)24(36)15-32-23-13-28(6-5-7-28)37-26-21(23)11-18(14-33-26)25(31)27(2,3)4/h8-9,11-12,14,22-25,32,36H,5-7,10,13,15H2,1-4H3,(H,34,35)/t22-,23-,24-,25-/m0/s1. The fourth-order valence-corrected chi connectivity index (χ4v) is 5.42. The number of amides is 1. The van der Waals surface area contributed by atoms with Crippen molar-refractivity contribution in [3.8, 4) is 5.88 Å². The highest BCUT2D eigenvalue weighted by Crippen LogP contribution is 2.49. The molecule has 0 saturated heterocycles. The average molecular weight is 536 g/mol. The molecule has 4 rings (SSSR count). The molecule has 2 aliphatic rings. The molecular weight excluding hydrogens is 500 g/mol. The summed E-state index contributed by atoms with van der Waals surface area (Å²) in [4.78, 5) is 16.3. The molecule has 1 aromatic heterocycles. The average Bonchev–Trinajstić information content (AvgIpc) is 2.78. The molecule has 37 heavy (non-hydrogen) atoms. The third-order valence-electron chi connectivity index (χ3n) is 7.29. The number of nitrogens with one attached hydrogen (secondary N) is 2. The van der Waals surface area contributed by atoms with Crippen molar-refractivity contribution in [2.24, 2.45) is 5.41 Å². The number of hydrogen-bond donors (Lipinski definition) is 3. The van der Waals surface area contributed by atoms with E-state index in [4.69, 9.17) is 16.3 Å². The van der Waals surface area contributed by atoms with Gasteiger partial charge in [-0.05, 0) is 60.9 Å². The molecular formula is C28H36ClF2N3O3. The minimum absolute atomic E-state index is 0.150. The van der Waals surface area contributed by atoms with Crippen molar-refractivity contribution in [1.29, 1.82) is 0 Å². The number of halogens is 3. The Hall–Kier alpha value is -2.29. The van der Waals surface area contributed by atoms with Gasteiger partial charge in [0.05, 0.1) is 12.1 Å². The zero-order chi connectivity index (χ0) is 27.0. The van der Waals surface area contributed by atoms with Crippen LogP contribution in [0.15, 0.2) is 30.5 Å². The molecule has 1 aliphatic carbocycles. The second-order valence-corrected chi connectivity index (χ2v) is 12.0. The number of fused-ring (bicyclic) bond motifs is 1. The first-order valence-corrected chi connectivity index (χ1v) is 13.2. The van der Waals surface area contributed by atoms with E-state index in [2.05, 4.69) is 15.6 Å². The molecule has 1 aromatic carbocycles. The summed E-state index contributed by atoms with van der Waals surface area (Å²) in [5, 5.41) is 17.5. The van der Waals surface area contributed by atoms with E-state index in [0.29, 0.717) is 23.4 Å². The van der Waals surface area contributed by atoms with Crippen LogP contribution in [0.25, 0.3) is 0 Å². The Morgan fingerprint density at radius 2 is 2.03 bits per heavy atom. The molecule has 3 N–H and O–H groups in total. The van der Waals surface area contributed by atoms with Crippen LogP contribution in [0.5, 0.6) is 5.88 Å². The molecule has 6 nitrogen and oxygen atoms in total. The van der Waals surface area contributed by atoms with Crippen molar-refractivity contribution in [3.63, 3.8) is 0 Å². The van der Waals surface area contributed by atoms with Gasteiger partial charge in [-0.25, -0.2) is 13.8 Å². The molecule has 0 bridgehead atoms. The Labute approximate surface area is 222 Å². The number of aromatic nitrogens is 1. The molecule has 0 unspecified atom stereocenters. The Balaban J connectivity index is 1.53. The van der Waals surface area contributed by atoms with Gasteiger partial charge in [0.1, 0.15) is 17.6 Å². The van der Waals surface area contributed by atoms with E-state index >= 15 is 4.39 Å². The van der Waals surface area contributed by atoms with Crippen LogP contribution in [0.1, 0.15) is 82.3 Å². The molecule has 2 heterocycles. The zero-order valence-corrected chi connectivity index (χ0v) is 22.5. The van der Waals surface area contributed by atoms with E-state index in [9.17, 15) is 14.3 Å². The minimum atomic E-state index is -1.20. The van der Waals surface area contributed by atoms with Crippen LogP contribution in [-0.4, -0.2) is 40.3 Å². The number of aliphatic hydroxyl groups excluding tert-OH is 1. The molecule has 2 aromatic rings. The number of rotatable bonds is 8. The van der Waals surface area contributed by atoms with Crippen LogP contribution < -0.4 is 15.4 Å². The molecule has 9 heteroatoms. The number of ether oxygens (including phenoxy) is 1. The molecule has 1 saturated carbocycles. The van der Waals surface area contributed by atoms with Crippen molar-refractivity contribution in [2.75, 3.05) is 6.54 Å². The monoisotopic (exact) mass is 535 g/mol. The summed E-state index contributed by atoms with van der Waals surface area (Å²) in [5.41, 5.74) is 0.940. The van der Waals surface area contributed by atoms with Crippen molar-refractivity contribution in [1.82, 2.24) is 15.6 Å². The van der Waals surface area contributed by atoms with Gasteiger partial charge in [0, 0.05) is 48.3 Å². The van der Waals surface area contributed by atoms with Crippen LogP contribution in [0.3, 0.4) is 0 Å². The topological polar surface area (TPSA) is 83.5 Å². The Morgan fingerprint density at radius 1 is 1.30 bits per heavy atom. The molecule has 1 fully saturated rings. The van der Waals surface area contributed by atoms with Gasteiger partial charge in [-0.3, -0.25) is 4.79 Å². The van der Waals surface area contributed by atoms with E-state index < -0.39 is 29.5 Å². The number of alkyl halides is 1. The first-order valence-electron chi connectivity index (χ1n) is 12.8. The lowest BCUT2D eigenvalue weighted by Crippen LogP contribution is -2.52. The van der Waals surface area contributed by atoms with Crippen LogP contribution in [0.2, 0.25) is 5.02 Å². The lowest BCUT2D eigenvalue weighted by atomic mass is 9.73. The maximum absolute atomic E-state index is 15.2. The number of benzene rings is 1. The van der Waals surface area contributed by atoms with E-state index in [1.807, 2.05) is 26.8 Å². The van der Waals surface area contributed by atoms with Gasteiger partial charge >= 0.3 is 0 Å². The molecule has 1 amide bonds. The number of carbonyl (C=O) groups is 1. The summed E-state index contributed by atoms with van der Waals surface area (Å²) < 4.78 is 35.3. The second-order valence-electron chi connectivity index (χ2n) is 11.6. The Bertz CT molecular complexity index is 1120. The van der Waals surface area contributed by atoms with Crippen LogP contribution in [-0.2, 0) is 11.2 Å². The lowest BCUT2D eigenvalue weighted by molar-refractivity contribution is -0.120. The fourth-order valence-electron chi connectivity index (χ4n) is 5.18. The first kappa shape index (κ1) is 27.7. The predicted molar refractivity (Wildman–Crippen MR) is 139 cm³/mol. The molecule has 1 spiro atoms. The number of aliphatic hydroxyl groups is 1. The number of pyridine rings is 1. The van der Waals surface area contributed by atoms with Crippen molar-refractivity contribution < 1.29 is 23.4 Å².